The fourth-order valence-electron chi connectivity index (χ4n) is 4.66. The minimum Gasteiger partial charge on any atom is -0.340 e. The number of carbonyl (C=O) groups is 3. The molecule has 4 rings (SSSR count). The number of carbonyl (C=O) groups excluding carboxylic acids is 3. The molecule has 7 nitrogen and oxygen atoms in total. The number of piperidine rings is 1. The van der Waals surface area contributed by atoms with Crippen LogP contribution in [0, 0.1) is 5.92 Å². The standard InChI is InChI=1S/C21H25F3N4O3/c22-21(23,24)16-4-1-3-14(9-16)11-27-12-15(10-18(27)29)19(30)26-7-2-5-17(13-26)28-8-6-25-20(28)31/h1,3-4,9,15,17H,2,5-8,10-13H2,(H,25,31)/t15-,17-/m0/s1. The summed E-state index contributed by atoms with van der Waals surface area (Å²) in [5.74, 6) is -0.864. The largest absolute Gasteiger partial charge is 0.416 e. The maximum Gasteiger partial charge on any atom is 0.416 e. The Morgan fingerprint density at radius 2 is 1.97 bits per heavy atom. The predicted octanol–water partition coefficient (Wildman–Crippen LogP) is 2.07. The topological polar surface area (TPSA) is 73.0 Å². The number of likely N-dealkylation sites (tertiary alicyclic amines) is 2. The monoisotopic (exact) mass is 438 g/mol. The second-order valence-corrected chi connectivity index (χ2v) is 8.38. The molecule has 10 heteroatoms. The number of alkyl halides is 3. The Morgan fingerprint density at radius 3 is 2.68 bits per heavy atom. The highest BCUT2D eigenvalue weighted by molar-refractivity contribution is 5.89. The Morgan fingerprint density at radius 1 is 1.16 bits per heavy atom. The highest BCUT2D eigenvalue weighted by Crippen LogP contribution is 2.31. The second-order valence-electron chi connectivity index (χ2n) is 8.38. The molecule has 168 valence electrons. The predicted molar refractivity (Wildman–Crippen MR) is 105 cm³/mol. The summed E-state index contributed by atoms with van der Waals surface area (Å²) in [6.07, 6.45) is -2.76. The summed E-state index contributed by atoms with van der Waals surface area (Å²) in [6, 6.07) is 4.77. The van der Waals surface area contributed by atoms with E-state index in [4.69, 9.17) is 0 Å². The maximum atomic E-state index is 13.1. The molecule has 3 fully saturated rings. The quantitative estimate of drug-likeness (QED) is 0.782. The van der Waals surface area contributed by atoms with Crippen molar-refractivity contribution in [2.45, 2.75) is 38.0 Å². The van der Waals surface area contributed by atoms with Crippen LogP contribution in [0.1, 0.15) is 30.4 Å². The van der Waals surface area contributed by atoms with Crippen molar-refractivity contribution in [3.8, 4) is 0 Å². The van der Waals surface area contributed by atoms with Crippen molar-refractivity contribution in [1.29, 1.82) is 0 Å². The van der Waals surface area contributed by atoms with Gasteiger partial charge >= 0.3 is 12.2 Å². The summed E-state index contributed by atoms with van der Waals surface area (Å²) < 4.78 is 38.8. The minimum absolute atomic E-state index is 0.0292. The third kappa shape index (κ3) is 4.62. The van der Waals surface area contributed by atoms with E-state index in [1.165, 1.54) is 11.0 Å². The van der Waals surface area contributed by atoms with Gasteiger partial charge < -0.3 is 20.0 Å². The summed E-state index contributed by atoms with van der Waals surface area (Å²) in [6.45, 7) is 2.50. The van der Waals surface area contributed by atoms with Crippen LogP contribution in [0.4, 0.5) is 18.0 Å². The molecule has 0 radical (unpaired) electrons. The molecule has 4 amide bonds. The van der Waals surface area contributed by atoms with E-state index in [9.17, 15) is 27.6 Å². The Bertz CT molecular complexity index is 876. The van der Waals surface area contributed by atoms with Gasteiger partial charge in [-0.05, 0) is 30.5 Å². The summed E-state index contributed by atoms with van der Waals surface area (Å²) in [4.78, 5) is 42.4. The van der Waals surface area contributed by atoms with Crippen molar-refractivity contribution < 1.29 is 27.6 Å². The molecule has 3 aliphatic heterocycles. The molecule has 0 unspecified atom stereocenters. The van der Waals surface area contributed by atoms with Gasteiger partial charge in [0.1, 0.15) is 0 Å². The van der Waals surface area contributed by atoms with E-state index in [-0.39, 0.29) is 43.4 Å². The van der Waals surface area contributed by atoms with Gasteiger partial charge in [-0.25, -0.2) is 4.79 Å². The fraction of sp³-hybridized carbons (Fsp3) is 0.571. The fourth-order valence-corrected chi connectivity index (χ4v) is 4.66. The number of amides is 4. The van der Waals surface area contributed by atoms with Crippen molar-refractivity contribution in [2.24, 2.45) is 5.92 Å². The summed E-state index contributed by atoms with van der Waals surface area (Å²) >= 11 is 0. The van der Waals surface area contributed by atoms with Crippen molar-refractivity contribution in [3.05, 3.63) is 35.4 Å². The van der Waals surface area contributed by atoms with E-state index in [0.29, 0.717) is 31.7 Å². The van der Waals surface area contributed by atoms with Gasteiger partial charge in [-0.15, -0.1) is 0 Å². The number of hydrogen-bond donors (Lipinski definition) is 1. The second kappa shape index (κ2) is 8.39. The molecule has 3 heterocycles. The number of hydrogen-bond acceptors (Lipinski definition) is 3. The average Bonchev–Trinajstić information content (AvgIpc) is 3.33. The molecule has 3 saturated heterocycles. The number of nitrogens with zero attached hydrogens (tertiary/aromatic N) is 3. The number of nitrogens with one attached hydrogen (secondary N) is 1. The minimum atomic E-state index is -4.44. The van der Waals surface area contributed by atoms with Gasteiger partial charge in [0, 0.05) is 45.7 Å². The number of urea groups is 1. The van der Waals surface area contributed by atoms with E-state index in [0.717, 1.165) is 25.0 Å². The van der Waals surface area contributed by atoms with Crippen molar-refractivity contribution in [3.63, 3.8) is 0 Å². The number of rotatable bonds is 4. The lowest BCUT2D eigenvalue weighted by Gasteiger charge is -2.38. The SMILES string of the molecule is O=C1C[C@H](C(=O)N2CCC[C@H](N3CCNC3=O)C2)CN1Cc1cccc(C(F)(F)F)c1. The van der Waals surface area contributed by atoms with Crippen LogP contribution in [-0.4, -0.2) is 71.3 Å². The van der Waals surface area contributed by atoms with Gasteiger partial charge in [0.2, 0.25) is 11.8 Å². The van der Waals surface area contributed by atoms with Crippen molar-refractivity contribution in [2.75, 3.05) is 32.7 Å². The zero-order chi connectivity index (χ0) is 22.2. The van der Waals surface area contributed by atoms with Gasteiger partial charge in [-0.1, -0.05) is 12.1 Å². The molecular formula is C21H25F3N4O3. The van der Waals surface area contributed by atoms with Crippen molar-refractivity contribution >= 4 is 17.8 Å². The first-order chi connectivity index (χ1) is 14.7. The third-order valence-corrected chi connectivity index (χ3v) is 6.23. The number of halogens is 3. The van der Waals surface area contributed by atoms with E-state index in [1.807, 2.05) is 0 Å². The molecule has 3 aliphatic rings. The summed E-state index contributed by atoms with van der Waals surface area (Å²) in [7, 11) is 0. The Labute approximate surface area is 178 Å². The Hall–Kier alpha value is -2.78. The smallest absolute Gasteiger partial charge is 0.340 e. The molecule has 0 spiro atoms. The zero-order valence-corrected chi connectivity index (χ0v) is 17.0. The van der Waals surface area contributed by atoms with E-state index < -0.39 is 17.7 Å². The van der Waals surface area contributed by atoms with Crippen LogP contribution in [0.2, 0.25) is 0 Å². The highest BCUT2D eigenvalue weighted by Gasteiger charge is 2.39. The van der Waals surface area contributed by atoms with Gasteiger partial charge in [0.05, 0.1) is 17.5 Å². The first-order valence-electron chi connectivity index (χ1n) is 10.5. The van der Waals surface area contributed by atoms with Crippen LogP contribution < -0.4 is 5.32 Å². The lowest BCUT2D eigenvalue weighted by Crippen LogP contribution is -2.52. The van der Waals surface area contributed by atoms with Gasteiger partial charge in [-0.2, -0.15) is 13.2 Å². The maximum absolute atomic E-state index is 13.1. The summed E-state index contributed by atoms with van der Waals surface area (Å²) in [5.41, 5.74) is -0.371. The molecule has 0 saturated carbocycles. The van der Waals surface area contributed by atoms with Gasteiger partial charge in [-0.3, -0.25) is 9.59 Å². The highest BCUT2D eigenvalue weighted by atomic mass is 19.4. The molecule has 1 aromatic carbocycles. The molecule has 0 aliphatic carbocycles. The van der Waals surface area contributed by atoms with Crippen LogP contribution in [0.3, 0.4) is 0 Å². The molecule has 2 atom stereocenters. The van der Waals surface area contributed by atoms with E-state index in [2.05, 4.69) is 5.32 Å². The van der Waals surface area contributed by atoms with Gasteiger partial charge in [0.25, 0.3) is 0 Å². The number of benzene rings is 1. The molecule has 0 aromatic heterocycles. The Balaban J connectivity index is 1.37. The Kier molecular flexibility index (Phi) is 5.81. The molecule has 1 N–H and O–H groups in total. The van der Waals surface area contributed by atoms with Crippen LogP contribution in [0.15, 0.2) is 24.3 Å². The van der Waals surface area contributed by atoms with E-state index in [1.54, 1.807) is 15.9 Å². The third-order valence-electron chi connectivity index (χ3n) is 6.23. The zero-order valence-electron chi connectivity index (χ0n) is 17.0. The summed E-state index contributed by atoms with van der Waals surface area (Å²) in [5, 5.41) is 2.78. The molecule has 31 heavy (non-hydrogen) atoms. The lowest BCUT2D eigenvalue weighted by atomic mass is 10.0. The van der Waals surface area contributed by atoms with Gasteiger partial charge in [0.15, 0.2) is 0 Å². The molecular weight excluding hydrogens is 413 g/mol. The van der Waals surface area contributed by atoms with Crippen LogP contribution in [0.5, 0.6) is 0 Å². The normalized spacial score (nSPS) is 24.7. The molecule has 1 aromatic rings. The lowest BCUT2D eigenvalue weighted by molar-refractivity contribution is -0.138. The molecule has 0 bridgehead atoms. The average molecular weight is 438 g/mol. The van der Waals surface area contributed by atoms with E-state index >= 15 is 0 Å². The van der Waals surface area contributed by atoms with Crippen LogP contribution in [-0.2, 0) is 22.3 Å². The van der Waals surface area contributed by atoms with Crippen LogP contribution >= 0.6 is 0 Å². The first kappa shape index (κ1) is 21.5. The first-order valence-corrected chi connectivity index (χ1v) is 10.5. The van der Waals surface area contributed by atoms with Crippen LogP contribution in [0.25, 0.3) is 0 Å². The van der Waals surface area contributed by atoms with Crippen molar-refractivity contribution in [1.82, 2.24) is 20.0 Å².